The van der Waals surface area contributed by atoms with Crippen molar-refractivity contribution in [2.45, 2.75) is 98.1 Å². The minimum Gasteiger partial charge on any atom is -0.466 e. The summed E-state index contributed by atoms with van der Waals surface area (Å²) in [5.41, 5.74) is -1.73. The van der Waals surface area contributed by atoms with Crippen molar-refractivity contribution in [3.05, 3.63) is 66.3 Å². The number of hydrogen-bond donors (Lipinski definition) is 1. The number of carbonyl (C=O) groups excluding carboxylic acids is 4. The first-order valence-electron chi connectivity index (χ1n) is 17.5. The quantitative estimate of drug-likeness (QED) is 0.193. The topological polar surface area (TPSA) is 135 Å². The van der Waals surface area contributed by atoms with Crippen molar-refractivity contribution in [1.29, 1.82) is 0 Å². The minimum absolute atomic E-state index is 0.0353. The average molecular weight is 693 g/mol. The Kier molecular flexibility index (Phi) is 10.6. The molecule has 1 unspecified atom stereocenters. The number of ether oxygens (including phenoxy) is 5. The van der Waals surface area contributed by atoms with E-state index in [1.54, 1.807) is 0 Å². The van der Waals surface area contributed by atoms with Crippen molar-refractivity contribution in [3.63, 3.8) is 0 Å². The summed E-state index contributed by atoms with van der Waals surface area (Å²) in [5.74, 6) is -3.47. The zero-order valence-electron chi connectivity index (χ0n) is 30.4. The standard InChI is InChI=1S/C40H52O10/c1-24(30-13-10-9-11-14-30)22-40(45)25(2)21-33(48-27(4)42)38(8)32(40)16-17-37(7)31-15-12-19-46-23-39(31,18-20-47-26(3)41)36(50-29(6)44)34(35(37)38)49-28(5)43/h9-15,21,31-36,45H,1,16-20,22-23H2,2-8H3/t31-,32+,33+,34-,35-,36-,37?,38+,39-,40+/m0/s1. The zero-order valence-corrected chi connectivity index (χ0v) is 30.4. The lowest BCUT2D eigenvalue weighted by molar-refractivity contribution is -0.292. The van der Waals surface area contributed by atoms with Crippen LogP contribution in [0.3, 0.4) is 0 Å². The predicted molar refractivity (Wildman–Crippen MR) is 185 cm³/mol. The lowest BCUT2D eigenvalue weighted by Crippen LogP contribution is -2.75. The van der Waals surface area contributed by atoms with Gasteiger partial charge in [0.1, 0.15) is 18.3 Å². The zero-order chi connectivity index (χ0) is 36.6. The van der Waals surface area contributed by atoms with Crippen LogP contribution in [-0.4, -0.2) is 72.7 Å². The Balaban J connectivity index is 1.75. The van der Waals surface area contributed by atoms with Crippen molar-refractivity contribution < 1.29 is 48.0 Å². The van der Waals surface area contributed by atoms with Crippen LogP contribution >= 0.6 is 0 Å². The third kappa shape index (κ3) is 6.45. The third-order valence-corrected chi connectivity index (χ3v) is 12.2. The molecule has 10 nitrogen and oxygen atoms in total. The summed E-state index contributed by atoms with van der Waals surface area (Å²) in [4.78, 5) is 50.9. The summed E-state index contributed by atoms with van der Waals surface area (Å²) >= 11 is 0. The van der Waals surface area contributed by atoms with Crippen LogP contribution in [0.25, 0.3) is 5.57 Å². The molecule has 0 radical (unpaired) electrons. The van der Waals surface area contributed by atoms with Crippen molar-refractivity contribution in [2.75, 3.05) is 19.8 Å². The molecule has 1 aromatic rings. The van der Waals surface area contributed by atoms with Gasteiger partial charge in [-0.15, -0.1) is 0 Å². The maximum Gasteiger partial charge on any atom is 0.303 e. The average Bonchev–Trinajstić information content (AvgIpc) is 3.25. The van der Waals surface area contributed by atoms with Gasteiger partial charge in [-0.1, -0.05) is 62.9 Å². The van der Waals surface area contributed by atoms with Gasteiger partial charge in [0.2, 0.25) is 0 Å². The second kappa shape index (κ2) is 14.1. The van der Waals surface area contributed by atoms with Crippen LogP contribution in [0.1, 0.15) is 79.7 Å². The fourth-order valence-electron chi connectivity index (χ4n) is 10.5. The van der Waals surface area contributed by atoms with E-state index in [0.717, 1.165) is 11.1 Å². The lowest BCUT2D eigenvalue weighted by atomic mass is 9.36. The predicted octanol–water partition coefficient (Wildman–Crippen LogP) is 5.77. The van der Waals surface area contributed by atoms with E-state index in [0.29, 0.717) is 25.0 Å². The van der Waals surface area contributed by atoms with Crippen LogP contribution in [0.2, 0.25) is 0 Å². The van der Waals surface area contributed by atoms with Gasteiger partial charge in [0, 0.05) is 56.8 Å². The molecule has 3 aliphatic carbocycles. The molecule has 1 heterocycles. The molecule has 2 fully saturated rings. The van der Waals surface area contributed by atoms with Gasteiger partial charge in [-0.3, -0.25) is 19.2 Å². The van der Waals surface area contributed by atoms with Crippen molar-refractivity contribution in [2.24, 2.45) is 34.0 Å². The second-order valence-corrected chi connectivity index (χ2v) is 15.2. The Bertz CT molecular complexity index is 1560. The monoisotopic (exact) mass is 692 g/mol. The molecule has 5 rings (SSSR count). The van der Waals surface area contributed by atoms with E-state index >= 15 is 0 Å². The summed E-state index contributed by atoms with van der Waals surface area (Å²) in [6.45, 7) is 16.2. The fraction of sp³-hybridized carbons (Fsp3) is 0.600. The van der Waals surface area contributed by atoms with E-state index in [1.807, 2.05) is 56.3 Å². The number of fused-ring (bicyclic) bond motifs is 5. The first-order chi connectivity index (χ1) is 23.5. The van der Waals surface area contributed by atoms with Gasteiger partial charge >= 0.3 is 23.9 Å². The molecule has 0 aromatic heterocycles. The number of benzene rings is 1. The lowest BCUT2D eigenvalue weighted by Gasteiger charge is -2.70. The Labute approximate surface area is 295 Å². The molecular weight excluding hydrogens is 640 g/mol. The molecule has 0 bridgehead atoms. The van der Waals surface area contributed by atoms with Gasteiger partial charge in [0.25, 0.3) is 0 Å². The molecule has 10 heteroatoms. The SMILES string of the molecule is C=C(C[C@@]1(O)C(C)=C[C@@H](OC(C)=O)[C@@]2(C)[C@H]1CCC1(C)[C@@H]3C=CCOC[C@]3(CCOC(C)=O)[C@@H](OC(C)=O)[C@@H](OC(C)=O)[C@@H]12)c1ccccc1. The van der Waals surface area contributed by atoms with Crippen LogP contribution < -0.4 is 0 Å². The summed E-state index contributed by atoms with van der Waals surface area (Å²) in [5, 5.41) is 13.0. The molecule has 4 aliphatic rings. The molecule has 272 valence electrons. The Morgan fingerprint density at radius 2 is 1.62 bits per heavy atom. The number of esters is 4. The van der Waals surface area contributed by atoms with E-state index in [1.165, 1.54) is 27.7 Å². The normalized spacial score (nSPS) is 37.4. The second-order valence-electron chi connectivity index (χ2n) is 15.2. The summed E-state index contributed by atoms with van der Waals surface area (Å²) in [6, 6.07) is 9.71. The number of hydrogen-bond acceptors (Lipinski definition) is 10. The van der Waals surface area contributed by atoms with E-state index in [2.05, 4.69) is 19.6 Å². The van der Waals surface area contributed by atoms with Gasteiger partial charge in [-0.25, -0.2) is 0 Å². The van der Waals surface area contributed by atoms with Crippen LogP contribution in [0.15, 0.2) is 60.7 Å². The first kappa shape index (κ1) is 37.5. The molecule has 50 heavy (non-hydrogen) atoms. The van der Waals surface area contributed by atoms with E-state index in [9.17, 15) is 24.3 Å². The van der Waals surface area contributed by atoms with Crippen LogP contribution in [0.4, 0.5) is 0 Å². The number of allylic oxidation sites excluding steroid dienone is 1. The smallest absolute Gasteiger partial charge is 0.303 e. The number of rotatable bonds is 9. The van der Waals surface area contributed by atoms with Gasteiger partial charge < -0.3 is 28.8 Å². The van der Waals surface area contributed by atoms with Gasteiger partial charge in [-0.2, -0.15) is 0 Å². The molecule has 1 aliphatic heterocycles. The summed E-state index contributed by atoms with van der Waals surface area (Å²) < 4.78 is 30.4. The molecule has 1 aromatic carbocycles. The molecule has 0 saturated heterocycles. The van der Waals surface area contributed by atoms with E-state index < -0.39 is 75.9 Å². The Morgan fingerprint density at radius 1 is 0.960 bits per heavy atom. The van der Waals surface area contributed by atoms with Crippen molar-refractivity contribution in [3.8, 4) is 0 Å². The van der Waals surface area contributed by atoms with Gasteiger partial charge in [0.05, 0.1) is 25.4 Å². The maximum absolute atomic E-state index is 13.1. The highest BCUT2D eigenvalue weighted by molar-refractivity contribution is 5.69. The molecule has 10 atom stereocenters. The molecule has 0 spiro atoms. The Morgan fingerprint density at radius 3 is 2.24 bits per heavy atom. The van der Waals surface area contributed by atoms with Crippen LogP contribution in [-0.2, 0) is 42.9 Å². The minimum atomic E-state index is -1.40. The van der Waals surface area contributed by atoms with E-state index in [-0.39, 0.29) is 32.0 Å². The fourth-order valence-corrected chi connectivity index (χ4v) is 10.5. The maximum atomic E-state index is 13.1. The van der Waals surface area contributed by atoms with Crippen molar-refractivity contribution in [1.82, 2.24) is 0 Å². The highest BCUT2D eigenvalue weighted by Crippen LogP contribution is 2.72. The highest BCUT2D eigenvalue weighted by Gasteiger charge is 2.75. The third-order valence-electron chi connectivity index (χ3n) is 12.2. The summed E-state index contributed by atoms with van der Waals surface area (Å²) in [6.07, 6.45) is 4.65. The summed E-state index contributed by atoms with van der Waals surface area (Å²) in [7, 11) is 0. The van der Waals surface area contributed by atoms with Gasteiger partial charge in [0.15, 0.2) is 0 Å². The molecular formula is C40H52O10. The first-order valence-corrected chi connectivity index (χ1v) is 17.5. The molecule has 0 amide bonds. The molecule has 1 N–H and O–H groups in total. The van der Waals surface area contributed by atoms with Crippen LogP contribution in [0.5, 0.6) is 0 Å². The van der Waals surface area contributed by atoms with Crippen LogP contribution in [0, 0.1) is 34.0 Å². The number of carbonyl (C=O) groups is 4. The molecule has 2 saturated carbocycles. The van der Waals surface area contributed by atoms with Crippen molar-refractivity contribution >= 4 is 29.5 Å². The highest BCUT2D eigenvalue weighted by atomic mass is 16.6. The largest absolute Gasteiger partial charge is 0.466 e. The number of aliphatic hydroxyl groups is 1. The Hall–Kier alpha value is -3.76. The van der Waals surface area contributed by atoms with Gasteiger partial charge in [-0.05, 0) is 60.3 Å². The van der Waals surface area contributed by atoms with E-state index in [4.69, 9.17) is 23.7 Å².